The third-order valence-corrected chi connectivity index (χ3v) is 6.59. The summed E-state index contributed by atoms with van der Waals surface area (Å²) in [7, 11) is 0. The molecule has 0 aliphatic heterocycles. The Balaban J connectivity index is 0. The quantitative estimate of drug-likeness (QED) is 0.298. The molecule has 149 valence electrons. The van der Waals surface area contributed by atoms with Gasteiger partial charge in [0.05, 0.1) is 0 Å². The second-order valence-corrected chi connectivity index (χ2v) is 9.12. The van der Waals surface area contributed by atoms with Crippen LogP contribution in [0.1, 0.15) is 79.6 Å². The Labute approximate surface area is 163 Å². The van der Waals surface area contributed by atoms with Gasteiger partial charge in [-0.3, -0.25) is 9.59 Å². The van der Waals surface area contributed by atoms with Crippen molar-refractivity contribution >= 4 is 11.8 Å². The molecule has 0 spiro atoms. The maximum atomic E-state index is 10.4. The first-order chi connectivity index (χ1) is 11.9. The molecule has 0 radical (unpaired) electrons. The van der Waals surface area contributed by atoms with Crippen LogP contribution in [0.4, 0.5) is 0 Å². The summed E-state index contributed by atoms with van der Waals surface area (Å²) in [4.78, 5) is 20.6. The van der Waals surface area contributed by atoms with Gasteiger partial charge in [-0.15, -0.1) is 0 Å². The molecule has 0 aromatic rings. The standard InChI is InChI=1S/C6H10O3.3C4H9O.Zr/c1-3-5(4(2)7)6(8)9;3*1-2-3-4-5;/h5H,3H2,1-2H3,(H,8,9);3*2-4H2,1H3;/q;3*-1;+3. The van der Waals surface area contributed by atoms with E-state index in [1.54, 1.807) is 6.92 Å². The zero-order chi connectivity index (χ0) is 19.5. The molecule has 0 fully saturated rings. The van der Waals surface area contributed by atoms with Crippen LogP contribution >= 0.6 is 0 Å². The summed E-state index contributed by atoms with van der Waals surface area (Å²) in [5, 5.41) is 8.32. The molecule has 0 bridgehead atoms. The second-order valence-electron chi connectivity index (χ2n) is 5.77. The monoisotopic (exact) mass is 439 g/mol. The number of ketones is 1. The molecule has 6 nitrogen and oxygen atoms in total. The fourth-order valence-corrected chi connectivity index (χ4v) is 4.57. The van der Waals surface area contributed by atoms with Crippen LogP contribution in [0.5, 0.6) is 0 Å². The van der Waals surface area contributed by atoms with E-state index in [0.717, 1.165) is 39.1 Å². The number of aliphatic carboxylic acids is 1. The molecular formula is C18H37O6Zr. The van der Waals surface area contributed by atoms with E-state index < -0.39 is 35.0 Å². The van der Waals surface area contributed by atoms with Crippen molar-refractivity contribution in [2.24, 2.45) is 5.92 Å². The van der Waals surface area contributed by atoms with E-state index >= 15 is 0 Å². The summed E-state index contributed by atoms with van der Waals surface area (Å²) in [6, 6.07) is 0. The van der Waals surface area contributed by atoms with Gasteiger partial charge in [-0.2, -0.15) is 0 Å². The zero-order valence-electron chi connectivity index (χ0n) is 16.6. The van der Waals surface area contributed by atoms with Gasteiger partial charge in [-0.05, 0) is 13.3 Å². The predicted octanol–water partition coefficient (Wildman–Crippen LogP) is 4.49. The van der Waals surface area contributed by atoms with Crippen LogP contribution in [0.3, 0.4) is 0 Å². The van der Waals surface area contributed by atoms with E-state index in [1.165, 1.54) is 26.2 Å². The molecule has 1 unspecified atom stereocenters. The van der Waals surface area contributed by atoms with Gasteiger partial charge in [0.2, 0.25) is 0 Å². The van der Waals surface area contributed by atoms with Crippen molar-refractivity contribution in [3.8, 4) is 0 Å². The number of carbonyl (C=O) groups excluding carboxylic acids is 1. The van der Waals surface area contributed by atoms with E-state index in [1.807, 2.05) is 0 Å². The van der Waals surface area contributed by atoms with Crippen LogP contribution in [0.15, 0.2) is 0 Å². The minimum atomic E-state index is -2.40. The normalized spacial score (nSPS) is 11.4. The average Bonchev–Trinajstić information content (AvgIpc) is 2.55. The Morgan fingerprint density at radius 1 is 0.840 bits per heavy atom. The molecule has 0 aromatic heterocycles. The molecular weight excluding hydrogens is 403 g/mol. The first-order valence-corrected chi connectivity index (χ1v) is 12.4. The Hall–Kier alpha value is -0.0969. The molecule has 0 rings (SSSR count). The molecule has 0 saturated heterocycles. The van der Waals surface area contributed by atoms with Gasteiger partial charge in [-0.25, -0.2) is 0 Å². The molecule has 0 aromatic carbocycles. The maximum absolute atomic E-state index is 10.4. The predicted molar refractivity (Wildman–Crippen MR) is 94.7 cm³/mol. The summed E-state index contributed by atoms with van der Waals surface area (Å²) >= 11 is -2.40. The van der Waals surface area contributed by atoms with Crippen molar-refractivity contribution in [2.75, 3.05) is 19.8 Å². The fourth-order valence-electron chi connectivity index (χ4n) is 1.66. The van der Waals surface area contributed by atoms with Crippen LogP contribution in [0, 0.1) is 5.92 Å². The number of rotatable bonds is 15. The van der Waals surface area contributed by atoms with Crippen molar-refractivity contribution in [1.29, 1.82) is 0 Å². The summed E-state index contributed by atoms with van der Waals surface area (Å²) < 4.78 is 17.2. The Morgan fingerprint density at radius 2 is 1.20 bits per heavy atom. The molecule has 0 saturated carbocycles. The first-order valence-electron chi connectivity index (χ1n) is 9.42. The summed E-state index contributed by atoms with van der Waals surface area (Å²) in [5.74, 6) is -2.10. The summed E-state index contributed by atoms with van der Waals surface area (Å²) in [6.45, 7) is 11.9. The van der Waals surface area contributed by atoms with Gasteiger partial charge in [-0.1, -0.05) is 6.92 Å². The number of hydrogen-bond donors (Lipinski definition) is 1. The molecule has 0 aliphatic carbocycles. The van der Waals surface area contributed by atoms with Crippen molar-refractivity contribution in [3.05, 3.63) is 0 Å². The Kier molecular flexibility index (Phi) is 21.9. The van der Waals surface area contributed by atoms with Crippen LogP contribution in [0.25, 0.3) is 0 Å². The van der Waals surface area contributed by atoms with Crippen molar-refractivity contribution < 1.29 is 46.2 Å². The van der Waals surface area contributed by atoms with Gasteiger partial charge >= 0.3 is 117 Å². The van der Waals surface area contributed by atoms with Gasteiger partial charge in [0.25, 0.3) is 0 Å². The minimum absolute atomic E-state index is 0.273. The summed E-state index contributed by atoms with van der Waals surface area (Å²) in [5.41, 5.74) is 0. The third kappa shape index (κ3) is 18.5. The Bertz CT molecular complexity index is 287. The van der Waals surface area contributed by atoms with E-state index in [0.29, 0.717) is 6.42 Å². The van der Waals surface area contributed by atoms with E-state index in [-0.39, 0.29) is 5.78 Å². The van der Waals surface area contributed by atoms with E-state index in [4.69, 9.17) is 13.5 Å². The van der Waals surface area contributed by atoms with Gasteiger partial charge in [0.15, 0.2) is 0 Å². The van der Waals surface area contributed by atoms with Crippen LogP contribution < -0.4 is 0 Å². The number of carboxylic acids is 1. The van der Waals surface area contributed by atoms with E-state index in [9.17, 15) is 9.59 Å². The van der Waals surface area contributed by atoms with Crippen LogP contribution in [0.2, 0.25) is 0 Å². The molecule has 0 heterocycles. The number of carbonyl (C=O) groups is 2. The van der Waals surface area contributed by atoms with Crippen molar-refractivity contribution in [2.45, 2.75) is 79.6 Å². The molecule has 25 heavy (non-hydrogen) atoms. The molecule has 0 amide bonds. The average molecular weight is 441 g/mol. The summed E-state index contributed by atoms with van der Waals surface area (Å²) in [6.07, 6.45) is 7.21. The molecule has 1 atom stereocenters. The van der Waals surface area contributed by atoms with E-state index in [2.05, 4.69) is 20.8 Å². The molecule has 1 N–H and O–H groups in total. The zero-order valence-corrected chi connectivity index (χ0v) is 19.1. The van der Waals surface area contributed by atoms with Crippen molar-refractivity contribution in [1.82, 2.24) is 0 Å². The molecule has 7 heteroatoms. The van der Waals surface area contributed by atoms with Crippen LogP contribution in [-0.2, 0) is 41.1 Å². The van der Waals surface area contributed by atoms with Crippen LogP contribution in [-0.4, -0.2) is 36.7 Å². The van der Waals surface area contributed by atoms with Gasteiger partial charge < -0.3 is 5.11 Å². The second kappa shape index (κ2) is 20.2. The van der Waals surface area contributed by atoms with Gasteiger partial charge in [0, 0.05) is 0 Å². The third-order valence-electron chi connectivity index (χ3n) is 3.35. The fraction of sp³-hybridized carbons (Fsp3) is 0.889. The number of unbranched alkanes of at least 4 members (excludes halogenated alkanes) is 3. The SMILES string of the molecule is CCC(C(C)=O)C(=O)O.CCCC[O][Zr]([O]CCCC)[O]CCCC. The number of Topliss-reactive ketones (excluding diaryl/α,β-unsaturated/α-hetero) is 1. The topological polar surface area (TPSA) is 82.1 Å². The number of carboxylic acid groups (broad SMARTS) is 1. The first kappa shape index (κ1) is 27.1. The Morgan fingerprint density at radius 3 is 1.36 bits per heavy atom. The van der Waals surface area contributed by atoms with Gasteiger partial charge in [0.1, 0.15) is 11.7 Å². The number of hydrogen-bond acceptors (Lipinski definition) is 5. The van der Waals surface area contributed by atoms with Crippen molar-refractivity contribution in [3.63, 3.8) is 0 Å². The molecule has 0 aliphatic rings.